The van der Waals surface area contributed by atoms with Crippen molar-refractivity contribution in [3.63, 3.8) is 0 Å². The van der Waals surface area contributed by atoms with Gasteiger partial charge in [-0.3, -0.25) is 14.3 Å². The highest BCUT2D eigenvalue weighted by molar-refractivity contribution is 6.07. The second kappa shape index (κ2) is 12.5. The average Bonchev–Trinajstić information content (AvgIpc) is 3.48. The van der Waals surface area contributed by atoms with Gasteiger partial charge in [-0.1, -0.05) is 12.8 Å². The molecule has 3 heterocycles. The number of nitrogens with one attached hydrogen (secondary N) is 2. The third-order valence-corrected chi connectivity index (χ3v) is 5.78. The number of carbonyl (C=O) groups excluding carboxylic acids is 2. The Hall–Kier alpha value is -4.25. The maximum absolute atomic E-state index is 13.0. The normalized spacial score (nSPS) is 17.3. The summed E-state index contributed by atoms with van der Waals surface area (Å²) in [5.74, 6) is -3.56. The van der Waals surface area contributed by atoms with Crippen molar-refractivity contribution in [1.82, 2.24) is 24.4 Å². The van der Waals surface area contributed by atoms with Crippen LogP contribution in [-0.4, -0.2) is 79.2 Å². The predicted molar refractivity (Wildman–Crippen MR) is 131 cm³/mol. The van der Waals surface area contributed by atoms with Gasteiger partial charge in [0.05, 0.1) is 30.6 Å². The quantitative estimate of drug-likeness (QED) is 0.269. The van der Waals surface area contributed by atoms with Crippen molar-refractivity contribution in [2.24, 2.45) is 11.5 Å². The number of carbonyl (C=O) groups is 3. The number of anilines is 2. The Balaban J connectivity index is 0.000000532. The average molecular weight is 556 g/mol. The molecule has 14 nitrogen and oxygen atoms in total. The lowest BCUT2D eigenvalue weighted by atomic mass is 9.91. The van der Waals surface area contributed by atoms with Crippen LogP contribution in [0.15, 0.2) is 24.5 Å². The van der Waals surface area contributed by atoms with Gasteiger partial charge in [0, 0.05) is 25.4 Å². The van der Waals surface area contributed by atoms with Crippen molar-refractivity contribution in [2.75, 3.05) is 24.4 Å². The molecule has 2 amide bonds. The van der Waals surface area contributed by atoms with Crippen LogP contribution in [0.25, 0.3) is 5.52 Å². The molecule has 1 aliphatic carbocycles. The molecule has 17 heteroatoms. The smallest absolute Gasteiger partial charge is 0.475 e. The van der Waals surface area contributed by atoms with Crippen LogP contribution in [0.3, 0.4) is 0 Å². The Morgan fingerprint density at radius 1 is 1.21 bits per heavy atom. The zero-order chi connectivity index (χ0) is 28.7. The van der Waals surface area contributed by atoms with Crippen LogP contribution in [0.1, 0.15) is 46.7 Å². The molecule has 1 aliphatic rings. The van der Waals surface area contributed by atoms with E-state index in [9.17, 15) is 22.8 Å². The van der Waals surface area contributed by atoms with E-state index in [4.69, 9.17) is 26.1 Å². The first-order valence-electron chi connectivity index (χ1n) is 11.7. The number of ether oxygens (including phenoxy) is 1. The summed E-state index contributed by atoms with van der Waals surface area (Å²) in [5.41, 5.74) is 12.7. The number of primary amides is 1. The van der Waals surface area contributed by atoms with Crippen molar-refractivity contribution >= 4 is 34.9 Å². The molecule has 0 unspecified atom stereocenters. The molecular formula is C22H28F3N9O5. The lowest BCUT2D eigenvalue weighted by Crippen LogP contribution is -2.43. The maximum Gasteiger partial charge on any atom is 0.490 e. The van der Waals surface area contributed by atoms with Crippen LogP contribution in [0.5, 0.6) is 0 Å². The summed E-state index contributed by atoms with van der Waals surface area (Å²) in [4.78, 5) is 38.0. The van der Waals surface area contributed by atoms with Crippen LogP contribution < -0.4 is 22.1 Å². The largest absolute Gasteiger partial charge is 0.490 e. The molecule has 2 atom stereocenters. The fourth-order valence-electron chi connectivity index (χ4n) is 3.82. The number of amides is 2. The van der Waals surface area contributed by atoms with E-state index in [-0.39, 0.29) is 29.2 Å². The number of alkyl halides is 3. The number of nitrogens with zero attached hydrogens (tertiary/aromatic N) is 5. The van der Waals surface area contributed by atoms with Gasteiger partial charge in [0.25, 0.3) is 11.8 Å². The van der Waals surface area contributed by atoms with E-state index >= 15 is 0 Å². The van der Waals surface area contributed by atoms with Crippen LogP contribution in [-0.2, 0) is 16.1 Å². The Kier molecular flexibility index (Phi) is 9.42. The van der Waals surface area contributed by atoms with E-state index in [2.05, 4.69) is 25.8 Å². The van der Waals surface area contributed by atoms with Crippen LogP contribution in [0.2, 0.25) is 0 Å². The molecule has 0 saturated heterocycles. The monoisotopic (exact) mass is 555 g/mol. The number of hydrogen-bond acceptors (Lipinski definition) is 9. The summed E-state index contributed by atoms with van der Waals surface area (Å²) >= 11 is 0. The van der Waals surface area contributed by atoms with Crippen molar-refractivity contribution < 1.29 is 37.4 Å². The summed E-state index contributed by atoms with van der Waals surface area (Å²) in [6.45, 7) is 0.806. The highest BCUT2D eigenvalue weighted by Crippen LogP contribution is 2.21. The number of methoxy groups -OCH3 is 1. The summed E-state index contributed by atoms with van der Waals surface area (Å²) < 4.78 is 39.7. The van der Waals surface area contributed by atoms with Gasteiger partial charge in [0.2, 0.25) is 5.95 Å². The second-order valence-electron chi connectivity index (χ2n) is 8.60. The minimum atomic E-state index is -5.08. The van der Waals surface area contributed by atoms with Gasteiger partial charge in [-0.15, -0.1) is 5.10 Å². The van der Waals surface area contributed by atoms with Gasteiger partial charge in [-0.25, -0.2) is 14.3 Å². The number of nitrogens with two attached hydrogens (primary N) is 2. The van der Waals surface area contributed by atoms with Gasteiger partial charge in [0.15, 0.2) is 5.69 Å². The molecule has 39 heavy (non-hydrogen) atoms. The lowest BCUT2D eigenvalue weighted by Gasteiger charge is -2.29. The van der Waals surface area contributed by atoms with Crippen LogP contribution in [0, 0.1) is 0 Å². The van der Waals surface area contributed by atoms with Crippen molar-refractivity contribution in [3.05, 3.63) is 35.9 Å². The number of hydrogen-bond donors (Lipinski definition) is 5. The Morgan fingerprint density at radius 2 is 1.90 bits per heavy atom. The molecule has 212 valence electrons. The molecule has 0 spiro atoms. The minimum absolute atomic E-state index is 0.0291. The Labute approximate surface area is 219 Å². The molecular weight excluding hydrogens is 527 g/mol. The molecule has 7 N–H and O–H groups in total. The van der Waals surface area contributed by atoms with Crippen LogP contribution in [0.4, 0.5) is 24.8 Å². The minimum Gasteiger partial charge on any atom is -0.475 e. The van der Waals surface area contributed by atoms with Gasteiger partial charge < -0.3 is 31.9 Å². The second-order valence-corrected chi connectivity index (χ2v) is 8.60. The SMILES string of the molecule is COCCn1cc(NC(=O)c2ccc3cnc(N[C@@H]4CCCC[C@@H]4N)nn23)c(C(N)=O)n1.O=C(O)C(F)(F)F. The highest BCUT2D eigenvalue weighted by Gasteiger charge is 2.38. The topological polar surface area (TPSA) is 205 Å². The summed E-state index contributed by atoms with van der Waals surface area (Å²) in [5, 5.41) is 21.7. The number of carboxylic acids is 1. The third-order valence-electron chi connectivity index (χ3n) is 5.78. The molecule has 4 rings (SSSR count). The van der Waals surface area contributed by atoms with Crippen molar-refractivity contribution in [1.29, 1.82) is 0 Å². The lowest BCUT2D eigenvalue weighted by molar-refractivity contribution is -0.192. The number of aromatic nitrogens is 5. The molecule has 3 aromatic heterocycles. The first-order chi connectivity index (χ1) is 18.4. The number of rotatable bonds is 8. The zero-order valence-electron chi connectivity index (χ0n) is 20.8. The molecule has 0 aromatic carbocycles. The van der Waals surface area contributed by atoms with E-state index in [0.717, 1.165) is 25.7 Å². The van der Waals surface area contributed by atoms with Crippen molar-refractivity contribution in [2.45, 2.75) is 50.5 Å². The molecule has 0 radical (unpaired) electrons. The van der Waals surface area contributed by atoms with Crippen molar-refractivity contribution in [3.8, 4) is 0 Å². The number of halogens is 3. The Bertz CT molecular complexity index is 1320. The summed E-state index contributed by atoms with van der Waals surface area (Å²) in [6, 6.07) is 3.50. The molecule has 0 bridgehead atoms. The van der Waals surface area contributed by atoms with Gasteiger partial charge >= 0.3 is 12.1 Å². The molecule has 1 fully saturated rings. The van der Waals surface area contributed by atoms with E-state index in [0.29, 0.717) is 24.6 Å². The zero-order valence-corrected chi connectivity index (χ0v) is 20.8. The third kappa shape index (κ3) is 7.64. The first-order valence-corrected chi connectivity index (χ1v) is 11.7. The summed E-state index contributed by atoms with van der Waals surface area (Å²) in [7, 11) is 1.56. The number of aliphatic carboxylic acids is 1. The Morgan fingerprint density at radius 3 is 2.51 bits per heavy atom. The molecule has 0 aliphatic heterocycles. The fourth-order valence-corrected chi connectivity index (χ4v) is 3.82. The van der Waals surface area contributed by atoms with E-state index < -0.39 is 24.0 Å². The van der Waals surface area contributed by atoms with Gasteiger partial charge in [-0.2, -0.15) is 18.3 Å². The van der Waals surface area contributed by atoms with Gasteiger partial charge in [-0.05, 0) is 25.0 Å². The van der Waals surface area contributed by atoms with E-state index in [1.54, 1.807) is 31.6 Å². The summed E-state index contributed by atoms with van der Waals surface area (Å²) in [6.07, 6.45) is 2.22. The van der Waals surface area contributed by atoms with E-state index in [1.807, 2.05) is 0 Å². The first kappa shape index (κ1) is 29.3. The molecule has 3 aromatic rings. The number of fused-ring (bicyclic) bond motifs is 1. The number of carboxylic acid groups (broad SMARTS) is 1. The fraction of sp³-hybridized carbons (Fsp3) is 0.455. The van der Waals surface area contributed by atoms with Crippen LogP contribution >= 0.6 is 0 Å². The standard InChI is InChI=1S/C20H27N9O3.C2HF3O2/c1-32-9-8-28-11-15(17(26-28)18(22)30)24-19(31)16-7-6-12-10-23-20(27-29(12)16)25-14-5-3-2-4-13(14)21;3-2(4,5)1(6)7/h6-7,10-11,13-14H,2-5,8-9,21H2,1H3,(H2,22,30)(H,24,31)(H,25,27);(H,6,7)/t13-,14+;/m0./s1. The molecule has 1 saturated carbocycles. The predicted octanol–water partition coefficient (Wildman–Crippen LogP) is 1.24. The highest BCUT2D eigenvalue weighted by atomic mass is 19.4. The van der Waals surface area contributed by atoms with E-state index in [1.165, 1.54) is 9.20 Å². The van der Waals surface area contributed by atoms with Gasteiger partial charge in [0.1, 0.15) is 5.69 Å². The maximum atomic E-state index is 13.0.